The molecule has 1 aromatic heterocycles. The maximum atomic E-state index is 12.2. The molecule has 23 heavy (non-hydrogen) atoms. The standard InChI is InChI=1S/C17H29N3O2S/c1-17(2,3)9-13-23(21,22)19-15-7-11-20(12-8-15)14-16-6-4-5-10-18-16/h4-6,10,15,19H,7-9,11-14H2,1-3H3. The van der Waals surface area contributed by atoms with Crippen LogP contribution in [0.25, 0.3) is 0 Å². The van der Waals surface area contributed by atoms with E-state index in [2.05, 4.69) is 35.4 Å². The van der Waals surface area contributed by atoms with Crippen LogP contribution in [-0.2, 0) is 16.6 Å². The summed E-state index contributed by atoms with van der Waals surface area (Å²) >= 11 is 0. The van der Waals surface area contributed by atoms with Crippen molar-refractivity contribution in [1.82, 2.24) is 14.6 Å². The summed E-state index contributed by atoms with van der Waals surface area (Å²) < 4.78 is 27.2. The molecule has 5 nitrogen and oxygen atoms in total. The van der Waals surface area contributed by atoms with Gasteiger partial charge < -0.3 is 0 Å². The lowest BCUT2D eigenvalue weighted by Crippen LogP contribution is -2.45. The molecule has 1 aliphatic heterocycles. The highest BCUT2D eigenvalue weighted by molar-refractivity contribution is 7.89. The lowest BCUT2D eigenvalue weighted by atomic mass is 9.94. The van der Waals surface area contributed by atoms with Crippen LogP contribution < -0.4 is 4.72 Å². The summed E-state index contributed by atoms with van der Waals surface area (Å²) in [7, 11) is -3.17. The van der Waals surface area contributed by atoms with E-state index in [1.54, 1.807) is 0 Å². The summed E-state index contributed by atoms with van der Waals surface area (Å²) in [5.41, 5.74) is 1.11. The summed E-state index contributed by atoms with van der Waals surface area (Å²) in [4.78, 5) is 6.68. The topological polar surface area (TPSA) is 62.3 Å². The Morgan fingerprint density at radius 1 is 1.26 bits per heavy atom. The van der Waals surface area contributed by atoms with Crippen LogP contribution in [0.15, 0.2) is 24.4 Å². The maximum absolute atomic E-state index is 12.2. The second kappa shape index (κ2) is 7.73. The number of nitrogens with one attached hydrogen (secondary N) is 1. The SMILES string of the molecule is CC(C)(C)CCS(=O)(=O)NC1CCN(Cc2ccccn2)CC1. The van der Waals surface area contributed by atoms with Crippen LogP contribution in [-0.4, -0.2) is 43.2 Å². The Hall–Kier alpha value is -0.980. The molecule has 1 fully saturated rings. The Bertz CT molecular complexity index is 574. The van der Waals surface area contributed by atoms with E-state index < -0.39 is 10.0 Å². The lowest BCUT2D eigenvalue weighted by molar-refractivity contribution is 0.198. The zero-order chi connectivity index (χ0) is 16.9. The van der Waals surface area contributed by atoms with Crippen molar-refractivity contribution in [3.8, 4) is 0 Å². The fraction of sp³-hybridized carbons (Fsp3) is 0.706. The van der Waals surface area contributed by atoms with E-state index in [0.717, 1.165) is 38.2 Å². The van der Waals surface area contributed by atoms with Gasteiger partial charge in [-0.15, -0.1) is 0 Å². The molecular formula is C17H29N3O2S. The third kappa shape index (κ3) is 6.97. The van der Waals surface area contributed by atoms with Crippen LogP contribution >= 0.6 is 0 Å². The lowest BCUT2D eigenvalue weighted by Gasteiger charge is -2.32. The van der Waals surface area contributed by atoms with Gasteiger partial charge in [0.1, 0.15) is 0 Å². The first-order chi connectivity index (χ1) is 10.7. The minimum absolute atomic E-state index is 0.0425. The van der Waals surface area contributed by atoms with Crippen molar-refractivity contribution >= 4 is 10.0 Å². The van der Waals surface area contributed by atoms with Crippen molar-refractivity contribution in [1.29, 1.82) is 0 Å². The minimum atomic E-state index is -3.17. The molecule has 6 heteroatoms. The highest BCUT2D eigenvalue weighted by Gasteiger charge is 2.24. The van der Waals surface area contributed by atoms with Crippen molar-refractivity contribution in [2.75, 3.05) is 18.8 Å². The molecule has 0 aliphatic carbocycles. The van der Waals surface area contributed by atoms with Crippen LogP contribution in [0.2, 0.25) is 0 Å². The number of sulfonamides is 1. The maximum Gasteiger partial charge on any atom is 0.211 e. The molecule has 0 atom stereocenters. The molecule has 1 aliphatic rings. The average Bonchev–Trinajstić information content (AvgIpc) is 2.48. The van der Waals surface area contributed by atoms with E-state index in [9.17, 15) is 8.42 Å². The molecule has 0 aromatic carbocycles. The molecule has 0 unspecified atom stereocenters. The van der Waals surface area contributed by atoms with E-state index >= 15 is 0 Å². The Balaban J connectivity index is 1.76. The molecule has 0 spiro atoms. The fourth-order valence-electron chi connectivity index (χ4n) is 2.68. The number of piperidine rings is 1. The van der Waals surface area contributed by atoms with E-state index in [4.69, 9.17) is 0 Å². The second-order valence-corrected chi connectivity index (χ2v) is 9.49. The van der Waals surface area contributed by atoms with E-state index in [-0.39, 0.29) is 17.2 Å². The van der Waals surface area contributed by atoms with Gasteiger partial charge >= 0.3 is 0 Å². The summed E-state index contributed by atoms with van der Waals surface area (Å²) in [6.07, 6.45) is 4.22. The van der Waals surface area contributed by atoms with Gasteiger partial charge in [-0.05, 0) is 36.8 Å². The molecule has 0 radical (unpaired) electrons. The van der Waals surface area contributed by atoms with Crippen molar-refractivity contribution in [3.05, 3.63) is 30.1 Å². The number of nitrogens with zero attached hydrogens (tertiary/aromatic N) is 2. The molecule has 2 rings (SSSR count). The molecule has 130 valence electrons. The van der Waals surface area contributed by atoms with Gasteiger partial charge in [-0.2, -0.15) is 0 Å². The second-order valence-electron chi connectivity index (χ2n) is 7.62. The fourth-order valence-corrected chi connectivity index (χ4v) is 4.43. The first-order valence-electron chi connectivity index (χ1n) is 8.36. The molecule has 0 amide bonds. The molecule has 1 saturated heterocycles. The smallest absolute Gasteiger partial charge is 0.211 e. The zero-order valence-electron chi connectivity index (χ0n) is 14.5. The Kier molecular flexibility index (Phi) is 6.17. The van der Waals surface area contributed by atoms with Gasteiger partial charge in [-0.3, -0.25) is 9.88 Å². The highest BCUT2D eigenvalue weighted by atomic mass is 32.2. The van der Waals surface area contributed by atoms with Crippen molar-refractivity contribution in [2.45, 2.75) is 52.6 Å². The number of rotatable bonds is 6. The third-order valence-corrected chi connectivity index (χ3v) is 5.60. The summed E-state index contributed by atoms with van der Waals surface area (Å²) in [5, 5.41) is 0. The largest absolute Gasteiger partial charge is 0.297 e. The molecule has 0 bridgehead atoms. The van der Waals surface area contributed by atoms with Crippen LogP contribution in [0.3, 0.4) is 0 Å². The Labute approximate surface area is 140 Å². The number of likely N-dealkylation sites (tertiary alicyclic amines) is 1. The van der Waals surface area contributed by atoms with E-state index in [1.165, 1.54) is 0 Å². The molecule has 2 heterocycles. The number of hydrogen-bond donors (Lipinski definition) is 1. The summed E-state index contributed by atoms with van der Waals surface area (Å²) in [6.45, 7) is 8.85. The van der Waals surface area contributed by atoms with Gasteiger partial charge in [-0.1, -0.05) is 26.8 Å². The Morgan fingerprint density at radius 2 is 1.96 bits per heavy atom. The summed E-state index contributed by atoms with van der Waals surface area (Å²) in [5.74, 6) is 0.213. The molecule has 1 aromatic rings. The highest BCUT2D eigenvalue weighted by Crippen LogP contribution is 2.20. The number of pyridine rings is 1. The van der Waals surface area contributed by atoms with Gasteiger partial charge in [-0.25, -0.2) is 13.1 Å². The predicted octanol–water partition coefficient (Wildman–Crippen LogP) is 2.40. The summed E-state index contributed by atoms with van der Waals surface area (Å²) in [6, 6.07) is 6.02. The molecular weight excluding hydrogens is 310 g/mol. The quantitative estimate of drug-likeness (QED) is 0.864. The zero-order valence-corrected chi connectivity index (χ0v) is 15.3. The van der Waals surface area contributed by atoms with Crippen LogP contribution in [0, 0.1) is 5.41 Å². The van der Waals surface area contributed by atoms with Crippen molar-refractivity contribution in [3.63, 3.8) is 0 Å². The monoisotopic (exact) mass is 339 g/mol. The van der Waals surface area contributed by atoms with Crippen LogP contribution in [0.1, 0.15) is 45.7 Å². The molecule has 1 N–H and O–H groups in total. The molecule has 0 saturated carbocycles. The average molecular weight is 340 g/mol. The van der Waals surface area contributed by atoms with Gasteiger partial charge in [0.05, 0.1) is 11.4 Å². The first-order valence-corrected chi connectivity index (χ1v) is 10.0. The van der Waals surface area contributed by atoms with Crippen LogP contribution in [0.5, 0.6) is 0 Å². The number of hydrogen-bond acceptors (Lipinski definition) is 4. The number of aromatic nitrogens is 1. The van der Waals surface area contributed by atoms with Crippen molar-refractivity contribution in [2.24, 2.45) is 5.41 Å². The van der Waals surface area contributed by atoms with Gasteiger partial charge in [0.15, 0.2) is 0 Å². The minimum Gasteiger partial charge on any atom is -0.297 e. The van der Waals surface area contributed by atoms with Crippen LogP contribution in [0.4, 0.5) is 0 Å². The Morgan fingerprint density at radius 3 is 2.52 bits per heavy atom. The van der Waals surface area contributed by atoms with E-state index in [0.29, 0.717) is 6.42 Å². The van der Waals surface area contributed by atoms with E-state index in [1.807, 2.05) is 24.4 Å². The normalized spacial score (nSPS) is 18.2. The van der Waals surface area contributed by atoms with Gasteiger partial charge in [0.2, 0.25) is 10.0 Å². The first kappa shape index (κ1) is 18.4. The van der Waals surface area contributed by atoms with Gasteiger partial charge in [0.25, 0.3) is 0 Å². The van der Waals surface area contributed by atoms with Gasteiger partial charge in [0, 0.05) is 31.9 Å². The predicted molar refractivity (Wildman–Crippen MR) is 93.5 cm³/mol. The van der Waals surface area contributed by atoms with Crippen molar-refractivity contribution < 1.29 is 8.42 Å². The third-order valence-electron chi connectivity index (χ3n) is 4.17.